The van der Waals surface area contributed by atoms with Gasteiger partial charge in [-0.1, -0.05) is 159 Å². The number of aromatic nitrogens is 3. The zero-order chi connectivity index (χ0) is 42.7. The third-order valence-corrected chi connectivity index (χ3v) is 13.1. The zero-order valence-electron chi connectivity index (χ0n) is 35.9. The normalized spacial score (nSPS) is 11.9. The smallest absolute Gasteiger partial charge is 0.0619 e. The van der Waals surface area contributed by atoms with Crippen LogP contribution >= 0.6 is 0 Å². The van der Waals surface area contributed by atoms with Gasteiger partial charge in [0.1, 0.15) is 0 Å². The molecule has 3 heterocycles. The number of para-hydroxylation sites is 8. The molecule has 3 aromatic heterocycles. The highest BCUT2D eigenvalue weighted by molar-refractivity contribution is 6.16. The first-order valence-electron chi connectivity index (χ1n) is 22.4. The van der Waals surface area contributed by atoms with Gasteiger partial charge in [-0.15, -0.1) is 0 Å². The van der Waals surface area contributed by atoms with Crippen molar-refractivity contribution in [2.45, 2.75) is 20.3 Å². The van der Waals surface area contributed by atoms with E-state index in [1.807, 2.05) is 0 Å². The zero-order valence-corrected chi connectivity index (χ0v) is 35.9. The molecular weight excluding hydrogens is 775 g/mol. The van der Waals surface area contributed by atoms with Crippen molar-refractivity contribution in [1.29, 1.82) is 0 Å². The van der Waals surface area contributed by atoms with Crippen LogP contribution < -0.4 is 0 Å². The lowest BCUT2D eigenvalue weighted by atomic mass is 9.91. The highest BCUT2D eigenvalue weighted by Gasteiger charge is 2.23. The van der Waals surface area contributed by atoms with Crippen molar-refractivity contribution in [3.8, 4) is 50.4 Å². The van der Waals surface area contributed by atoms with E-state index in [9.17, 15) is 0 Å². The first-order valence-corrected chi connectivity index (χ1v) is 22.4. The average molecular weight is 820 g/mol. The second-order valence-corrected chi connectivity index (χ2v) is 16.7. The fourth-order valence-corrected chi connectivity index (χ4v) is 10.5. The third kappa shape index (κ3) is 5.82. The quantitative estimate of drug-likeness (QED) is 0.145. The van der Waals surface area contributed by atoms with Crippen molar-refractivity contribution in [2.75, 3.05) is 0 Å². The minimum Gasteiger partial charge on any atom is -0.309 e. The number of fused-ring (bicyclic) bond motifs is 7. The molecule has 0 atom stereocenters. The van der Waals surface area contributed by atoms with Crippen LogP contribution in [0.5, 0.6) is 0 Å². The molecule has 0 aliphatic carbocycles. The Kier molecular flexibility index (Phi) is 9.01. The van der Waals surface area contributed by atoms with Crippen LogP contribution in [-0.4, -0.2) is 13.7 Å². The molecule has 0 amide bonds. The molecule has 0 unspecified atom stereocenters. The monoisotopic (exact) mass is 819 g/mol. The number of hydrogen-bond acceptors (Lipinski definition) is 0. The van der Waals surface area contributed by atoms with Gasteiger partial charge in [-0.3, -0.25) is 0 Å². The number of allylic oxidation sites excluding steroid dienone is 1. The lowest BCUT2D eigenvalue weighted by Gasteiger charge is -2.17. The number of benzene rings is 9. The summed E-state index contributed by atoms with van der Waals surface area (Å²) >= 11 is 0. The Balaban J connectivity index is 1.23. The summed E-state index contributed by atoms with van der Waals surface area (Å²) in [7, 11) is 0. The van der Waals surface area contributed by atoms with Crippen LogP contribution in [0.3, 0.4) is 0 Å². The van der Waals surface area contributed by atoms with Gasteiger partial charge in [-0.25, -0.2) is 0 Å². The summed E-state index contributed by atoms with van der Waals surface area (Å²) < 4.78 is 7.40. The molecule has 0 N–H and O–H groups in total. The highest BCUT2D eigenvalue weighted by Crippen LogP contribution is 2.45. The van der Waals surface area contributed by atoms with Gasteiger partial charge >= 0.3 is 0 Å². The van der Waals surface area contributed by atoms with Crippen LogP contribution in [0.4, 0.5) is 0 Å². The van der Waals surface area contributed by atoms with E-state index in [4.69, 9.17) is 0 Å². The van der Waals surface area contributed by atoms with E-state index >= 15 is 0 Å². The van der Waals surface area contributed by atoms with E-state index < -0.39 is 0 Å². The van der Waals surface area contributed by atoms with Crippen molar-refractivity contribution in [2.24, 2.45) is 0 Å². The van der Waals surface area contributed by atoms with E-state index in [0.29, 0.717) is 0 Å². The second kappa shape index (κ2) is 15.3. The van der Waals surface area contributed by atoms with Crippen LogP contribution in [0.25, 0.3) is 111 Å². The van der Waals surface area contributed by atoms with Gasteiger partial charge in [-0.05, 0) is 108 Å². The molecule has 0 spiro atoms. The molecule has 12 aromatic rings. The predicted octanol–water partition coefficient (Wildman–Crippen LogP) is 16.4. The topological polar surface area (TPSA) is 14.8 Å². The molecule has 9 aromatic carbocycles. The Bertz CT molecular complexity index is 3570. The summed E-state index contributed by atoms with van der Waals surface area (Å²) in [6.45, 7) is 4.40. The first-order chi connectivity index (χ1) is 31.7. The summed E-state index contributed by atoms with van der Waals surface area (Å²) in [5, 5.41) is 6.23. The molecular formula is C61H45N3. The number of rotatable bonds is 8. The Morgan fingerprint density at radius 2 is 0.719 bits per heavy atom. The molecule has 0 bridgehead atoms. The molecule has 0 saturated carbocycles. The largest absolute Gasteiger partial charge is 0.309 e. The maximum atomic E-state index is 2.48. The molecule has 64 heavy (non-hydrogen) atoms. The van der Waals surface area contributed by atoms with Crippen LogP contribution in [0, 0.1) is 0 Å². The van der Waals surface area contributed by atoms with Gasteiger partial charge in [0.25, 0.3) is 0 Å². The van der Waals surface area contributed by atoms with E-state index in [1.54, 1.807) is 0 Å². The van der Waals surface area contributed by atoms with Gasteiger partial charge < -0.3 is 13.7 Å². The Hall–Kier alpha value is -8.14. The summed E-state index contributed by atoms with van der Waals surface area (Å²) in [5.41, 5.74) is 19.1. The molecule has 0 aliphatic heterocycles. The maximum absolute atomic E-state index is 2.48. The number of hydrogen-bond donors (Lipinski definition) is 0. The SMILES string of the molecule is C/C=C\c1c(CC)c2cccc(-c3cc(-c4cccc5c6ccccc6n(-c6ccccc6)c45)cc(-c4cccc5c6ccccc6n(-c6ccccc6)c45)c3)c2n1-c1ccccc1. The van der Waals surface area contributed by atoms with Crippen LogP contribution in [0.1, 0.15) is 25.1 Å². The van der Waals surface area contributed by atoms with Crippen molar-refractivity contribution >= 4 is 60.6 Å². The molecule has 3 heteroatoms. The Labute approximate surface area is 373 Å². The summed E-state index contributed by atoms with van der Waals surface area (Å²) in [5.74, 6) is 0. The first kappa shape index (κ1) is 37.6. The lowest BCUT2D eigenvalue weighted by molar-refractivity contribution is 1.06. The molecule has 304 valence electrons. The maximum Gasteiger partial charge on any atom is 0.0619 e. The fourth-order valence-electron chi connectivity index (χ4n) is 10.5. The van der Waals surface area contributed by atoms with E-state index in [0.717, 1.165) is 34.6 Å². The minimum absolute atomic E-state index is 0.919. The van der Waals surface area contributed by atoms with Crippen molar-refractivity contribution in [1.82, 2.24) is 13.7 Å². The summed E-state index contributed by atoms with van der Waals surface area (Å²) in [6.07, 6.45) is 5.37. The van der Waals surface area contributed by atoms with Gasteiger partial charge in [0.2, 0.25) is 0 Å². The van der Waals surface area contributed by atoms with Crippen LogP contribution in [-0.2, 0) is 6.42 Å². The van der Waals surface area contributed by atoms with Crippen molar-refractivity contribution in [3.63, 3.8) is 0 Å². The fraction of sp³-hybridized carbons (Fsp3) is 0.0492. The number of nitrogens with zero attached hydrogens (tertiary/aromatic N) is 3. The van der Waals surface area contributed by atoms with Gasteiger partial charge in [0.15, 0.2) is 0 Å². The van der Waals surface area contributed by atoms with Crippen molar-refractivity contribution in [3.05, 3.63) is 230 Å². The van der Waals surface area contributed by atoms with E-state index in [-0.39, 0.29) is 0 Å². The Morgan fingerprint density at radius 3 is 1.14 bits per heavy atom. The average Bonchev–Trinajstić information content (AvgIpc) is 4.00. The van der Waals surface area contributed by atoms with Crippen LogP contribution in [0.2, 0.25) is 0 Å². The molecule has 0 fully saturated rings. The highest BCUT2D eigenvalue weighted by atomic mass is 15.0. The molecule has 3 nitrogen and oxygen atoms in total. The van der Waals surface area contributed by atoms with Crippen molar-refractivity contribution < 1.29 is 0 Å². The van der Waals surface area contributed by atoms with Gasteiger partial charge in [-0.2, -0.15) is 0 Å². The molecule has 12 rings (SSSR count). The third-order valence-electron chi connectivity index (χ3n) is 13.1. The standard InChI is InChI=1S/C61H45N3/c1-3-21-56-47(4-2)53-33-18-30-48(59(53)62(56)44-22-8-5-9-23-44)41-38-42(49-31-19-34-54-51-28-14-16-36-57(51)63(60(49)54)45-24-10-6-11-25-45)40-43(39-41)50-32-20-35-55-52-29-15-17-37-58(52)64(61(50)55)46-26-12-7-13-27-46/h3,5-40H,4H2,1-2H3/b21-3-. The second-order valence-electron chi connectivity index (χ2n) is 16.7. The molecule has 0 radical (unpaired) electrons. The van der Waals surface area contributed by atoms with Crippen LogP contribution in [0.15, 0.2) is 218 Å². The van der Waals surface area contributed by atoms with Gasteiger partial charge in [0.05, 0.1) is 27.6 Å². The van der Waals surface area contributed by atoms with E-state index in [1.165, 1.54) is 88.0 Å². The van der Waals surface area contributed by atoms with Gasteiger partial charge in [0, 0.05) is 66.4 Å². The summed E-state index contributed by atoms with van der Waals surface area (Å²) in [6, 6.07) is 78.0. The predicted molar refractivity (Wildman–Crippen MR) is 272 cm³/mol. The molecule has 0 aliphatic rings. The summed E-state index contributed by atoms with van der Waals surface area (Å²) in [4.78, 5) is 0. The lowest BCUT2D eigenvalue weighted by Crippen LogP contribution is -1.99. The minimum atomic E-state index is 0.919. The Morgan fingerprint density at radius 1 is 0.359 bits per heavy atom. The van der Waals surface area contributed by atoms with E-state index in [2.05, 4.69) is 252 Å². The number of aryl methyl sites for hydroxylation is 1. The molecule has 0 saturated heterocycles.